The Morgan fingerprint density at radius 1 is 1.33 bits per heavy atom. The van der Waals surface area contributed by atoms with Crippen molar-refractivity contribution in [2.45, 2.75) is 0 Å². The molecule has 0 spiro atoms. The standard InChI is InChI=1S/C8H8N6S/c9-8(15)12-6-1-3-7(4-2-6)14-11-5-10-13-14/h1-5H,(H3,9,12,15). The third-order valence-corrected chi connectivity index (χ3v) is 1.82. The molecular formula is C8H8N6S. The Labute approximate surface area is 91.1 Å². The van der Waals surface area contributed by atoms with Crippen LogP contribution in [0.5, 0.6) is 0 Å². The second-order valence-electron chi connectivity index (χ2n) is 2.76. The highest BCUT2D eigenvalue weighted by Crippen LogP contribution is 2.10. The van der Waals surface area contributed by atoms with Crippen LogP contribution in [0.3, 0.4) is 0 Å². The first kappa shape index (κ1) is 9.53. The number of hydrogen-bond acceptors (Lipinski definition) is 4. The van der Waals surface area contributed by atoms with Crippen LogP contribution in [-0.4, -0.2) is 25.3 Å². The van der Waals surface area contributed by atoms with Crippen molar-refractivity contribution in [1.29, 1.82) is 0 Å². The summed E-state index contributed by atoms with van der Waals surface area (Å²) in [6.07, 6.45) is 1.38. The highest BCUT2D eigenvalue weighted by atomic mass is 32.1. The molecular weight excluding hydrogens is 212 g/mol. The minimum absolute atomic E-state index is 0.238. The van der Waals surface area contributed by atoms with E-state index in [0.29, 0.717) is 0 Å². The van der Waals surface area contributed by atoms with E-state index in [1.807, 2.05) is 24.3 Å². The molecule has 15 heavy (non-hydrogen) atoms. The van der Waals surface area contributed by atoms with Crippen LogP contribution in [-0.2, 0) is 0 Å². The molecule has 0 radical (unpaired) electrons. The van der Waals surface area contributed by atoms with Crippen LogP contribution in [0.1, 0.15) is 0 Å². The maximum absolute atomic E-state index is 5.34. The molecule has 6 nitrogen and oxygen atoms in total. The van der Waals surface area contributed by atoms with Crippen LogP contribution in [0.4, 0.5) is 5.69 Å². The molecule has 1 aromatic heterocycles. The molecule has 0 aliphatic carbocycles. The van der Waals surface area contributed by atoms with Crippen molar-refractivity contribution in [3.63, 3.8) is 0 Å². The summed E-state index contributed by atoms with van der Waals surface area (Å²) in [6, 6.07) is 7.33. The molecule has 76 valence electrons. The van der Waals surface area contributed by atoms with Crippen LogP contribution in [0, 0.1) is 0 Å². The van der Waals surface area contributed by atoms with Crippen molar-refractivity contribution in [3.8, 4) is 5.69 Å². The van der Waals surface area contributed by atoms with Gasteiger partial charge in [-0.25, -0.2) is 0 Å². The Morgan fingerprint density at radius 3 is 2.60 bits per heavy atom. The third kappa shape index (κ3) is 2.26. The highest BCUT2D eigenvalue weighted by molar-refractivity contribution is 7.80. The van der Waals surface area contributed by atoms with Crippen LogP contribution in [0.15, 0.2) is 30.6 Å². The van der Waals surface area contributed by atoms with Crippen LogP contribution in [0.2, 0.25) is 0 Å². The fourth-order valence-electron chi connectivity index (χ4n) is 1.11. The Kier molecular flexibility index (Phi) is 2.55. The zero-order valence-corrected chi connectivity index (χ0v) is 8.48. The first-order chi connectivity index (χ1) is 7.25. The molecule has 0 bridgehead atoms. The lowest BCUT2D eigenvalue weighted by atomic mass is 10.3. The summed E-state index contributed by atoms with van der Waals surface area (Å²) in [4.78, 5) is 1.42. The quantitative estimate of drug-likeness (QED) is 0.709. The maximum atomic E-state index is 5.34. The number of hydrogen-bond donors (Lipinski definition) is 2. The summed E-state index contributed by atoms with van der Waals surface area (Å²) in [6.45, 7) is 0. The predicted molar refractivity (Wildman–Crippen MR) is 59.6 cm³/mol. The maximum Gasteiger partial charge on any atom is 0.168 e. The summed E-state index contributed by atoms with van der Waals surface area (Å²) in [5.74, 6) is 0. The van der Waals surface area contributed by atoms with Crippen molar-refractivity contribution in [2.24, 2.45) is 5.73 Å². The van der Waals surface area contributed by atoms with Gasteiger partial charge in [0.05, 0.1) is 5.69 Å². The number of aromatic nitrogens is 4. The average molecular weight is 220 g/mol. The van der Waals surface area contributed by atoms with Crippen molar-refractivity contribution in [3.05, 3.63) is 30.6 Å². The molecule has 0 saturated heterocycles. The van der Waals surface area contributed by atoms with Gasteiger partial charge in [-0.2, -0.15) is 0 Å². The van der Waals surface area contributed by atoms with E-state index in [4.69, 9.17) is 18.0 Å². The first-order valence-electron chi connectivity index (χ1n) is 4.15. The lowest BCUT2D eigenvalue weighted by Gasteiger charge is -2.04. The summed E-state index contributed by atoms with van der Waals surface area (Å²) in [5, 5.41) is 14.3. The zero-order chi connectivity index (χ0) is 10.7. The first-order valence-corrected chi connectivity index (χ1v) is 4.56. The number of anilines is 1. The largest absolute Gasteiger partial charge is 0.376 e. The minimum Gasteiger partial charge on any atom is -0.376 e. The molecule has 0 saturated carbocycles. The van der Waals surface area contributed by atoms with Gasteiger partial charge < -0.3 is 11.1 Å². The van der Waals surface area contributed by atoms with Gasteiger partial charge in [0.15, 0.2) is 11.4 Å². The Balaban J connectivity index is 2.21. The molecule has 1 heterocycles. The van der Waals surface area contributed by atoms with Crippen LogP contribution in [0.25, 0.3) is 5.69 Å². The predicted octanol–water partition coefficient (Wildman–Crippen LogP) is 0.318. The smallest absolute Gasteiger partial charge is 0.168 e. The van der Waals surface area contributed by atoms with Gasteiger partial charge in [-0.15, -0.1) is 15.0 Å². The highest BCUT2D eigenvalue weighted by Gasteiger charge is 1.98. The van der Waals surface area contributed by atoms with E-state index in [9.17, 15) is 0 Å². The van der Waals surface area contributed by atoms with Crippen molar-refractivity contribution in [2.75, 3.05) is 5.32 Å². The number of nitrogens with two attached hydrogens (primary N) is 1. The van der Waals surface area contributed by atoms with Gasteiger partial charge in [-0.05, 0) is 41.7 Å². The number of rotatable bonds is 2. The van der Waals surface area contributed by atoms with E-state index in [0.717, 1.165) is 11.4 Å². The van der Waals surface area contributed by atoms with Crippen LogP contribution >= 0.6 is 12.2 Å². The lowest BCUT2D eigenvalue weighted by molar-refractivity contribution is 0.720. The summed E-state index contributed by atoms with van der Waals surface area (Å²) < 4.78 is 0. The van der Waals surface area contributed by atoms with E-state index in [1.165, 1.54) is 11.1 Å². The van der Waals surface area contributed by atoms with Crippen molar-refractivity contribution < 1.29 is 0 Å². The monoisotopic (exact) mass is 220 g/mol. The number of benzene rings is 1. The normalized spacial score (nSPS) is 9.87. The summed E-state index contributed by atoms with van der Waals surface area (Å²) >= 11 is 4.72. The molecule has 1 aromatic carbocycles. The Bertz CT molecular complexity index is 448. The second-order valence-corrected chi connectivity index (χ2v) is 3.20. The molecule has 0 aliphatic heterocycles. The Hall–Kier alpha value is -2.02. The van der Waals surface area contributed by atoms with Gasteiger partial charge in [-0.1, -0.05) is 0 Å². The number of thiocarbonyl (C=S) groups is 1. The molecule has 2 rings (SSSR count). The van der Waals surface area contributed by atoms with Gasteiger partial charge in [0, 0.05) is 5.69 Å². The fourth-order valence-corrected chi connectivity index (χ4v) is 1.22. The van der Waals surface area contributed by atoms with Crippen molar-refractivity contribution >= 4 is 23.0 Å². The van der Waals surface area contributed by atoms with Gasteiger partial charge in [0.2, 0.25) is 0 Å². The topological polar surface area (TPSA) is 81.6 Å². The second kappa shape index (κ2) is 4.01. The van der Waals surface area contributed by atoms with Crippen LogP contribution < -0.4 is 11.1 Å². The molecule has 7 heteroatoms. The SMILES string of the molecule is NC(=S)Nc1ccc(-n2ncnn2)cc1. The average Bonchev–Trinajstić information content (AvgIpc) is 2.71. The summed E-state index contributed by atoms with van der Waals surface area (Å²) in [5.41, 5.74) is 6.98. The summed E-state index contributed by atoms with van der Waals surface area (Å²) in [7, 11) is 0. The molecule has 2 aromatic rings. The molecule has 0 atom stereocenters. The lowest BCUT2D eigenvalue weighted by Crippen LogP contribution is -2.18. The molecule has 0 amide bonds. The number of tetrazole rings is 1. The van der Waals surface area contributed by atoms with Crippen molar-refractivity contribution in [1.82, 2.24) is 20.2 Å². The Morgan fingerprint density at radius 2 is 2.07 bits per heavy atom. The van der Waals surface area contributed by atoms with E-state index in [-0.39, 0.29) is 5.11 Å². The van der Waals surface area contributed by atoms with E-state index >= 15 is 0 Å². The number of nitrogens with one attached hydrogen (secondary N) is 1. The van der Waals surface area contributed by atoms with E-state index in [2.05, 4.69) is 20.7 Å². The van der Waals surface area contributed by atoms with E-state index in [1.54, 1.807) is 0 Å². The number of nitrogens with zero attached hydrogens (tertiary/aromatic N) is 4. The van der Waals surface area contributed by atoms with E-state index < -0.39 is 0 Å². The van der Waals surface area contributed by atoms with Gasteiger partial charge in [-0.3, -0.25) is 0 Å². The van der Waals surface area contributed by atoms with Gasteiger partial charge in [0.25, 0.3) is 0 Å². The van der Waals surface area contributed by atoms with Gasteiger partial charge in [0.1, 0.15) is 0 Å². The zero-order valence-electron chi connectivity index (χ0n) is 7.66. The molecule has 3 N–H and O–H groups in total. The molecule has 0 unspecified atom stereocenters. The minimum atomic E-state index is 0.238. The fraction of sp³-hybridized carbons (Fsp3) is 0. The molecule has 0 fully saturated rings. The molecule has 0 aliphatic rings. The van der Waals surface area contributed by atoms with Gasteiger partial charge >= 0.3 is 0 Å². The third-order valence-electron chi connectivity index (χ3n) is 1.71.